The lowest BCUT2D eigenvalue weighted by molar-refractivity contribution is -0.130. The molecule has 7 nitrogen and oxygen atoms in total. The van der Waals surface area contributed by atoms with E-state index in [0.29, 0.717) is 53.9 Å². The van der Waals surface area contributed by atoms with E-state index in [-0.39, 0.29) is 29.5 Å². The summed E-state index contributed by atoms with van der Waals surface area (Å²) in [5.74, 6) is -3.97. The third-order valence-corrected chi connectivity index (χ3v) is 7.74. The zero-order valence-electron chi connectivity index (χ0n) is 21.5. The summed E-state index contributed by atoms with van der Waals surface area (Å²) in [4.78, 5) is 25.0. The highest BCUT2D eigenvalue weighted by molar-refractivity contribution is 7.15. The van der Waals surface area contributed by atoms with E-state index in [1.54, 1.807) is 17.2 Å². The van der Waals surface area contributed by atoms with E-state index in [0.717, 1.165) is 17.7 Å². The summed E-state index contributed by atoms with van der Waals surface area (Å²) in [6.45, 7) is 4.19. The molecule has 0 unspecified atom stereocenters. The molecule has 4 aromatic rings. The normalized spacial score (nSPS) is 13.7. The summed E-state index contributed by atoms with van der Waals surface area (Å²) >= 11 is 1.17. The molecule has 0 atom stereocenters. The van der Waals surface area contributed by atoms with Crippen molar-refractivity contribution in [2.75, 3.05) is 26.2 Å². The lowest BCUT2D eigenvalue weighted by Gasteiger charge is -2.33. The van der Waals surface area contributed by atoms with Crippen LogP contribution in [0.4, 0.5) is 13.2 Å². The summed E-state index contributed by atoms with van der Waals surface area (Å²) in [6, 6.07) is 15.2. The van der Waals surface area contributed by atoms with Crippen LogP contribution in [0.1, 0.15) is 23.2 Å². The van der Waals surface area contributed by atoms with Gasteiger partial charge in [-0.1, -0.05) is 30.3 Å². The number of aromatic nitrogens is 2. The number of amides is 1. The molecule has 204 valence electrons. The number of halogens is 3. The first-order chi connectivity index (χ1) is 19.3. The number of nitrogens with zero attached hydrogens (tertiary/aromatic N) is 5. The second-order valence-corrected chi connectivity index (χ2v) is 10.3. The molecule has 11 heteroatoms. The van der Waals surface area contributed by atoms with Gasteiger partial charge in [0.1, 0.15) is 23.2 Å². The van der Waals surface area contributed by atoms with E-state index in [2.05, 4.69) is 20.9 Å². The molecule has 1 fully saturated rings. The third-order valence-electron chi connectivity index (χ3n) is 6.62. The SMILES string of the molecule is CC(=O)N1CCN(Cc2nc(COc3nccc(-c4ccccc4)c3C#N)sc2-c2cc(F)c(F)c(F)c2)CC1. The smallest absolute Gasteiger partial charge is 0.232 e. The molecule has 5 rings (SSSR count). The molecule has 3 heterocycles. The summed E-state index contributed by atoms with van der Waals surface area (Å²) in [5, 5.41) is 10.3. The van der Waals surface area contributed by atoms with Crippen LogP contribution in [0.3, 0.4) is 0 Å². The maximum Gasteiger partial charge on any atom is 0.232 e. The monoisotopic (exact) mass is 563 g/mol. The molecule has 1 aliphatic heterocycles. The van der Waals surface area contributed by atoms with Gasteiger partial charge in [-0.15, -0.1) is 11.3 Å². The molecule has 40 heavy (non-hydrogen) atoms. The average Bonchev–Trinajstić information content (AvgIpc) is 3.37. The van der Waals surface area contributed by atoms with Crippen LogP contribution in [0.2, 0.25) is 0 Å². The predicted molar refractivity (Wildman–Crippen MR) is 144 cm³/mol. The Morgan fingerprint density at radius 3 is 2.40 bits per heavy atom. The van der Waals surface area contributed by atoms with E-state index in [1.165, 1.54) is 18.3 Å². The Hall–Kier alpha value is -4.27. The number of rotatable bonds is 7. The molecule has 0 bridgehead atoms. The Labute approximate surface area is 233 Å². The van der Waals surface area contributed by atoms with E-state index >= 15 is 0 Å². The lowest BCUT2D eigenvalue weighted by atomic mass is 10.0. The molecule has 0 radical (unpaired) electrons. The van der Waals surface area contributed by atoms with E-state index in [1.807, 2.05) is 30.3 Å². The number of ether oxygens (including phenoxy) is 1. The van der Waals surface area contributed by atoms with Crippen LogP contribution in [0.5, 0.6) is 5.88 Å². The van der Waals surface area contributed by atoms with Gasteiger partial charge in [0.2, 0.25) is 11.8 Å². The van der Waals surface area contributed by atoms with Crippen molar-refractivity contribution in [3.05, 3.63) is 88.4 Å². The topological polar surface area (TPSA) is 82.3 Å². The van der Waals surface area contributed by atoms with Gasteiger partial charge in [0.05, 0.1) is 10.6 Å². The highest BCUT2D eigenvalue weighted by Crippen LogP contribution is 2.35. The zero-order chi connectivity index (χ0) is 28.2. The molecule has 1 amide bonds. The van der Waals surface area contributed by atoms with Gasteiger partial charge >= 0.3 is 0 Å². The fourth-order valence-electron chi connectivity index (χ4n) is 4.56. The van der Waals surface area contributed by atoms with Crippen molar-refractivity contribution < 1.29 is 22.7 Å². The molecule has 1 aliphatic rings. The number of thiazole rings is 1. The number of carbonyl (C=O) groups is 1. The number of pyridine rings is 1. The summed E-state index contributed by atoms with van der Waals surface area (Å²) < 4.78 is 47.9. The largest absolute Gasteiger partial charge is 0.469 e. The molecule has 2 aromatic carbocycles. The maximum absolute atomic E-state index is 14.1. The molecule has 0 N–H and O–H groups in total. The second kappa shape index (κ2) is 11.9. The highest BCUT2D eigenvalue weighted by Gasteiger charge is 2.24. The molecule has 0 aliphatic carbocycles. The van der Waals surface area contributed by atoms with Crippen molar-refractivity contribution in [3.8, 4) is 33.5 Å². The Morgan fingerprint density at radius 1 is 1.05 bits per heavy atom. The van der Waals surface area contributed by atoms with Crippen LogP contribution in [0, 0.1) is 28.8 Å². The van der Waals surface area contributed by atoms with Crippen LogP contribution in [0.15, 0.2) is 54.7 Å². The Balaban J connectivity index is 1.42. The van der Waals surface area contributed by atoms with Crippen molar-refractivity contribution in [1.29, 1.82) is 5.26 Å². The number of hydrogen-bond acceptors (Lipinski definition) is 7. The number of carbonyl (C=O) groups excluding carboxylic acids is 1. The summed E-state index contributed by atoms with van der Waals surface area (Å²) in [5.41, 5.74) is 2.51. The number of nitriles is 1. The van der Waals surface area contributed by atoms with Gasteiger partial charge in [-0.2, -0.15) is 5.26 Å². The van der Waals surface area contributed by atoms with Crippen molar-refractivity contribution in [1.82, 2.24) is 19.8 Å². The molecular formula is C29H24F3N5O2S. The molecular weight excluding hydrogens is 539 g/mol. The molecule has 0 spiro atoms. The van der Waals surface area contributed by atoms with E-state index in [4.69, 9.17) is 4.74 Å². The minimum absolute atomic E-state index is 0.00683. The third kappa shape index (κ3) is 5.83. The van der Waals surface area contributed by atoms with Gasteiger partial charge < -0.3 is 9.64 Å². The minimum atomic E-state index is -1.54. The zero-order valence-corrected chi connectivity index (χ0v) is 22.3. The number of piperazine rings is 1. The fraction of sp³-hybridized carbons (Fsp3) is 0.241. The average molecular weight is 564 g/mol. The van der Waals surface area contributed by atoms with E-state index in [9.17, 15) is 23.2 Å². The standard InChI is InChI=1S/C29H24F3N5O2S/c1-18(38)37-11-9-36(10-12-37)16-25-28(20-13-23(30)27(32)24(31)14-20)40-26(35-25)17-39-29-22(15-33)21(7-8-34-29)19-5-3-2-4-6-19/h2-8,13-14H,9-12,16-17H2,1H3. The van der Waals surface area contributed by atoms with Crippen LogP contribution >= 0.6 is 11.3 Å². The molecule has 0 saturated carbocycles. The van der Waals surface area contributed by atoms with Gasteiger partial charge in [0.25, 0.3) is 0 Å². The van der Waals surface area contributed by atoms with Crippen molar-refractivity contribution in [3.63, 3.8) is 0 Å². The van der Waals surface area contributed by atoms with Gasteiger partial charge in [0, 0.05) is 51.4 Å². The Morgan fingerprint density at radius 2 is 1.75 bits per heavy atom. The second-order valence-electron chi connectivity index (χ2n) is 9.22. The minimum Gasteiger partial charge on any atom is -0.469 e. The summed E-state index contributed by atoms with van der Waals surface area (Å²) in [7, 11) is 0. The first-order valence-electron chi connectivity index (χ1n) is 12.5. The van der Waals surface area contributed by atoms with Crippen LogP contribution < -0.4 is 4.74 Å². The fourth-order valence-corrected chi connectivity index (χ4v) is 5.54. The first-order valence-corrected chi connectivity index (χ1v) is 13.3. The molecule has 2 aromatic heterocycles. The molecule has 1 saturated heterocycles. The van der Waals surface area contributed by atoms with Gasteiger partial charge in [-0.05, 0) is 29.3 Å². The van der Waals surface area contributed by atoms with E-state index < -0.39 is 17.5 Å². The Bertz CT molecular complexity index is 1560. The van der Waals surface area contributed by atoms with Gasteiger partial charge in [0.15, 0.2) is 17.5 Å². The number of benzene rings is 2. The van der Waals surface area contributed by atoms with Crippen molar-refractivity contribution >= 4 is 17.2 Å². The van der Waals surface area contributed by atoms with Crippen molar-refractivity contribution in [2.45, 2.75) is 20.1 Å². The highest BCUT2D eigenvalue weighted by atomic mass is 32.1. The quantitative estimate of drug-likeness (QED) is 0.280. The van der Waals surface area contributed by atoms with Crippen LogP contribution in [-0.4, -0.2) is 51.9 Å². The Kier molecular flexibility index (Phi) is 8.09. The van der Waals surface area contributed by atoms with Crippen LogP contribution in [-0.2, 0) is 17.9 Å². The predicted octanol–water partition coefficient (Wildman–Crippen LogP) is 5.40. The lowest BCUT2D eigenvalue weighted by Crippen LogP contribution is -2.47. The summed E-state index contributed by atoms with van der Waals surface area (Å²) in [6.07, 6.45) is 1.56. The van der Waals surface area contributed by atoms with Crippen LogP contribution in [0.25, 0.3) is 21.6 Å². The first kappa shape index (κ1) is 27.3. The maximum atomic E-state index is 14.1. The van der Waals surface area contributed by atoms with Crippen molar-refractivity contribution in [2.24, 2.45) is 0 Å². The number of hydrogen-bond donors (Lipinski definition) is 0. The van der Waals surface area contributed by atoms with Gasteiger partial charge in [-0.3, -0.25) is 9.69 Å². The van der Waals surface area contributed by atoms with Gasteiger partial charge in [-0.25, -0.2) is 23.1 Å².